The summed E-state index contributed by atoms with van der Waals surface area (Å²) >= 11 is 13.4. The average Bonchev–Trinajstić information content (AvgIpc) is 2.84. The van der Waals surface area contributed by atoms with E-state index in [1.807, 2.05) is 0 Å². The van der Waals surface area contributed by atoms with Crippen LogP contribution < -0.4 is 4.74 Å². The van der Waals surface area contributed by atoms with Crippen LogP contribution in [-0.4, -0.2) is 28.7 Å². The van der Waals surface area contributed by atoms with Crippen LogP contribution in [0.15, 0.2) is 22.1 Å². The summed E-state index contributed by atoms with van der Waals surface area (Å²) in [4.78, 5) is 11.8. The van der Waals surface area contributed by atoms with Gasteiger partial charge in [0.05, 0.1) is 22.3 Å². The van der Waals surface area contributed by atoms with Crippen LogP contribution in [0.5, 0.6) is 5.75 Å². The Morgan fingerprint density at radius 2 is 2.15 bits per heavy atom. The number of carbonyl (C=O) groups excluding carboxylic acids is 1. The zero-order chi connectivity index (χ0) is 19.4. The topological polar surface area (TPSA) is 77.1 Å². The van der Waals surface area contributed by atoms with Crippen molar-refractivity contribution in [2.24, 2.45) is 7.05 Å². The molecule has 10 heteroatoms. The quantitative estimate of drug-likeness (QED) is 0.652. The summed E-state index contributed by atoms with van der Waals surface area (Å²) in [6.45, 7) is 3.29. The number of rotatable bonds is 6. The molecular formula is C16H14Cl2FN3O3S. The summed E-state index contributed by atoms with van der Waals surface area (Å²) in [5.41, 5.74) is 0.978. The molecule has 0 bridgehead atoms. The van der Waals surface area contributed by atoms with Gasteiger partial charge in [0.25, 0.3) is 0 Å². The normalized spacial score (nSPS) is 11.7. The smallest absolute Gasteiger partial charge is 0.381 e. The number of hydrogen-bond acceptors (Lipinski definition) is 6. The second-order valence-corrected chi connectivity index (χ2v) is 6.85. The van der Waals surface area contributed by atoms with Crippen LogP contribution >= 0.6 is 35.0 Å². The van der Waals surface area contributed by atoms with Gasteiger partial charge >= 0.3 is 12.3 Å². The third kappa shape index (κ3) is 4.41. The molecule has 1 heterocycles. The maximum Gasteiger partial charge on any atom is 0.381 e. The first-order valence-corrected chi connectivity index (χ1v) is 8.93. The molecule has 1 aromatic heterocycles. The average molecular weight is 418 g/mol. The Morgan fingerprint density at radius 1 is 1.46 bits per heavy atom. The summed E-state index contributed by atoms with van der Waals surface area (Å²) in [6, 6.07) is 4.85. The Labute approximate surface area is 163 Å². The molecule has 2 aromatic rings. The molecule has 0 fully saturated rings. The van der Waals surface area contributed by atoms with E-state index >= 15 is 0 Å². The molecule has 138 valence electrons. The van der Waals surface area contributed by atoms with Crippen LogP contribution in [0.2, 0.25) is 10.0 Å². The van der Waals surface area contributed by atoms with Gasteiger partial charge in [0.15, 0.2) is 0 Å². The molecule has 0 saturated heterocycles. The Balaban J connectivity index is 2.34. The van der Waals surface area contributed by atoms with Crippen LogP contribution in [-0.2, 0) is 16.6 Å². The molecule has 1 atom stereocenters. The van der Waals surface area contributed by atoms with Gasteiger partial charge in [-0.25, -0.2) is 4.79 Å². The first-order chi connectivity index (χ1) is 12.3. The Bertz CT molecular complexity index is 883. The van der Waals surface area contributed by atoms with E-state index in [4.69, 9.17) is 27.9 Å². The highest BCUT2D eigenvalue weighted by Gasteiger charge is 2.23. The minimum atomic E-state index is -2.32. The lowest BCUT2D eigenvalue weighted by Crippen LogP contribution is -2.24. The minimum absolute atomic E-state index is 0.0227. The van der Waals surface area contributed by atoms with Gasteiger partial charge in [-0.1, -0.05) is 35.0 Å². The number of carbonyl (C=O) groups is 1. The lowest BCUT2D eigenvalue weighted by Gasteiger charge is -2.14. The first-order valence-electron chi connectivity index (χ1n) is 7.36. The van der Waals surface area contributed by atoms with Gasteiger partial charge in [0.2, 0.25) is 0 Å². The molecule has 6 nitrogen and oxygen atoms in total. The second-order valence-electron chi connectivity index (χ2n) is 5.00. The fourth-order valence-corrected chi connectivity index (χ4v) is 3.58. The zero-order valence-corrected chi connectivity index (χ0v) is 16.4. The van der Waals surface area contributed by atoms with E-state index in [-0.39, 0.29) is 22.4 Å². The van der Waals surface area contributed by atoms with Gasteiger partial charge in [-0.15, -0.1) is 0 Å². The summed E-state index contributed by atoms with van der Waals surface area (Å²) in [7, 11) is 1.69. The van der Waals surface area contributed by atoms with Gasteiger partial charge in [-0.05, 0) is 26.0 Å². The zero-order valence-electron chi connectivity index (χ0n) is 14.0. The highest BCUT2D eigenvalue weighted by Crippen LogP contribution is 2.41. The van der Waals surface area contributed by atoms with Gasteiger partial charge in [-0.2, -0.15) is 14.8 Å². The van der Waals surface area contributed by atoms with Crippen molar-refractivity contribution in [2.45, 2.75) is 30.1 Å². The Morgan fingerprint density at radius 3 is 2.77 bits per heavy atom. The van der Waals surface area contributed by atoms with E-state index in [2.05, 4.69) is 15.9 Å². The summed E-state index contributed by atoms with van der Waals surface area (Å²) in [6.07, 6.45) is -2.32. The Hall–Kier alpha value is -1.95. The number of halogens is 3. The molecule has 0 saturated carbocycles. The maximum absolute atomic E-state index is 13.8. The molecule has 0 amide bonds. The third-order valence-corrected chi connectivity index (χ3v) is 5.12. The van der Waals surface area contributed by atoms with Crippen molar-refractivity contribution in [3.8, 4) is 11.8 Å². The summed E-state index contributed by atoms with van der Waals surface area (Å²) in [5.74, 6) is -1.22. The van der Waals surface area contributed by atoms with Crippen molar-refractivity contribution in [1.82, 2.24) is 9.78 Å². The van der Waals surface area contributed by atoms with Crippen molar-refractivity contribution in [2.75, 3.05) is 6.61 Å². The van der Waals surface area contributed by atoms with E-state index in [0.717, 1.165) is 11.8 Å². The van der Waals surface area contributed by atoms with Crippen LogP contribution in [0, 0.1) is 18.3 Å². The monoisotopic (exact) mass is 417 g/mol. The standard InChI is InChI=1S/C16H14Cl2FN3O3S/c1-4-24-16(23)14(19)25-12-6-13(11(18)5-10(12)17)26-15-9(7-20)8(2)21-22(15)3/h5-6,14H,4H2,1-3H3. The molecule has 2 rings (SSSR count). The van der Waals surface area contributed by atoms with Crippen molar-refractivity contribution in [3.05, 3.63) is 33.4 Å². The van der Waals surface area contributed by atoms with Crippen LogP contribution in [0.3, 0.4) is 0 Å². The van der Waals surface area contributed by atoms with E-state index in [1.54, 1.807) is 25.6 Å². The predicted molar refractivity (Wildman–Crippen MR) is 95.4 cm³/mol. The Kier molecular flexibility index (Phi) is 6.75. The lowest BCUT2D eigenvalue weighted by atomic mass is 10.3. The number of aromatic nitrogens is 2. The van der Waals surface area contributed by atoms with Gasteiger partial charge in [0.1, 0.15) is 22.4 Å². The van der Waals surface area contributed by atoms with Gasteiger partial charge in [-0.3, -0.25) is 4.68 Å². The van der Waals surface area contributed by atoms with Crippen LogP contribution in [0.1, 0.15) is 18.2 Å². The van der Waals surface area contributed by atoms with Gasteiger partial charge < -0.3 is 9.47 Å². The SMILES string of the molecule is CCOC(=O)C(F)Oc1cc(Sc2c(C#N)c(C)nn2C)c(Cl)cc1Cl. The molecule has 0 N–H and O–H groups in total. The lowest BCUT2D eigenvalue weighted by molar-refractivity contribution is -0.159. The van der Waals surface area contributed by atoms with Gasteiger partial charge in [0, 0.05) is 11.9 Å². The van der Waals surface area contributed by atoms with Crippen molar-refractivity contribution < 1.29 is 18.7 Å². The fraction of sp³-hybridized carbons (Fsp3) is 0.312. The minimum Gasteiger partial charge on any atom is -0.461 e. The van der Waals surface area contributed by atoms with Crippen LogP contribution in [0.4, 0.5) is 4.39 Å². The second kappa shape index (κ2) is 8.62. The third-order valence-electron chi connectivity index (χ3n) is 3.18. The molecule has 0 radical (unpaired) electrons. The fourth-order valence-electron chi connectivity index (χ4n) is 2.03. The molecular weight excluding hydrogens is 404 g/mol. The highest BCUT2D eigenvalue weighted by atomic mass is 35.5. The van der Waals surface area contributed by atoms with Crippen molar-refractivity contribution in [3.63, 3.8) is 0 Å². The maximum atomic E-state index is 13.8. The van der Waals surface area contributed by atoms with E-state index in [0.29, 0.717) is 21.2 Å². The predicted octanol–water partition coefficient (Wildman–Crippen LogP) is 4.30. The number of aryl methyl sites for hydroxylation is 2. The molecule has 0 aliphatic rings. The van der Waals surface area contributed by atoms with Crippen molar-refractivity contribution >= 4 is 40.9 Å². The summed E-state index contributed by atoms with van der Waals surface area (Å²) < 4.78 is 24.9. The number of esters is 1. The van der Waals surface area contributed by atoms with E-state index < -0.39 is 12.3 Å². The molecule has 0 aliphatic carbocycles. The number of benzene rings is 1. The molecule has 1 aromatic carbocycles. The number of alkyl halides is 1. The number of ether oxygens (including phenoxy) is 2. The molecule has 0 spiro atoms. The number of hydrogen-bond donors (Lipinski definition) is 0. The van der Waals surface area contributed by atoms with E-state index in [1.165, 1.54) is 12.1 Å². The molecule has 1 unspecified atom stereocenters. The molecule has 0 aliphatic heterocycles. The largest absolute Gasteiger partial charge is 0.461 e. The van der Waals surface area contributed by atoms with Crippen LogP contribution in [0.25, 0.3) is 0 Å². The summed E-state index contributed by atoms with van der Waals surface area (Å²) in [5, 5.41) is 14.4. The highest BCUT2D eigenvalue weighted by molar-refractivity contribution is 7.99. The van der Waals surface area contributed by atoms with E-state index in [9.17, 15) is 14.4 Å². The first kappa shape index (κ1) is 20.4. The number of nitrogens with zero attached hydrogens (tertiary/aromatic N) is 3. The molecule has 26 heavy (non-hydrogen) atoms. The number of nitriles is 1. The van der Waals surface area contributed by atoms with Crippen molar-refractivity contribution in [1.29, 1.82) is 5.26 Å².